The van der Waals surface area contributed by atoms with Crippen molar-refractivity contribution in [1.82, 2.24) is 25.8 Å². The number of anilines is 1. The topological polar surface area (TPSA) is 246 Å². The molecule has 21 nitrogen and oxygen atoms in total. The third kappa shape index (κ3) is 12.9. The molecule has 1 amide bonds. The summed E-state index contributed by atoms with van der Waals surface area (Å²) in [6, 6.07) is 4.05. The van der Waals surface area contributed by atoms with Gasteiger partial charge in [0.05, 0.1) is 66.8 Å². The molecule has 1 aromatic rings. The first-order chi connectivity index (χ1) is 33.7. The minimum atomic E-state index is -1.85. The van der Waals surface area contributed by atoms with Gasteiger partial charge in [0, 0.05) is 68.6 Å². The van der Waals surface area contributed by atoms with Crippen LogP contribution in [0.2, 0.25) is 5.02 Å². The van der Waals surface area contributed by atoms with E-state index in [2.05, 4.69) is 11.0 Å². The molecule has 72 heavy (non-hydrogen) atoms. The highest BCUT2D eigenvalue weighted by molar-refractivity contribution is 6.32. The van der Waals surface area contributed by atoms with Gasteiger partial charge in [0.1, 0.15) is 41.9 Å². The van der Waals surface area contributed by atoms with E-state index < -0.39 is 114 Å². The summed E-state index contributed by atoms with van der Waals surface area (Å²) in [5.74, 6) is -2.10. The van der Waals surface area contributed by atoms with Crippen molar-refractivity contribution in [3.8, 4) is 5.75 Å². The number of cyclic esters (lactones) is 2. The van der Waals surface area contributed by atoms with Crippen LogP contribution in [-0.4, -0.2) is 203 Å². The lowest BCUT2D eigenvalue weighted by Crippen LogP contribution is -2.62. The van der Waals surface area contributed by atoms with Crippen molar-refractivity contribution >= 4 is 29.4 Å². The standard InChI is InChI=1S/C50H83ClN6O15/c1-14-38-50(9,64)42(59)30(5)54(10)20-18-48(7,63)44(28(3)41(29(4)45(61)70-38)71-39-23-49(8,66-13)43(60)31(6)68-39)72-46-40(58)36(21-27(2)67-46)55(11)19-17-32-24-56(53-52-32)25-34-26-57(47(62)69-34)33-15-16-37(65-12)35(51)22-33/h15-16,22,24,27-31,34,36,38-44,46,52-53,58-60,63-64H,14,17-21,23,25-26H2,1-13H3/t27-,28+,29-,30-,31+,34+,36+,38-,39+,40-,41+,42-,43+,44-,46+,48-,49-,50-/m1/s1. The molecule has 5 aliphatic heterocycles. The lowest BCUT2D eigenvalue weighted by molar-refractivity contribution is -0.318. The van der Waals surface area contributed by atoms with E-state index >= 15 is 0 Å². The lowest BCUT2D eigenvalue weighted by atomic mass is 9.79. The van der Waals surface area contributed by atoms with Gasteiger partial charge in [0.15, 0.2) is 12.6 Å². The number of nitrogens with one attached hydrogen (secondary N) is 2. The molecule has 7 N–H and O–H groups in total. The largest absolute Gasteiger partial charge is 0.495 e. The predicted octanol–water partition coefficient (Wildman–Crippen LogP) is 2.88. The van der Waals surface area contributed by atoms with Crippen molar-refractivity contribution in [2.75, 3.05) is 59.4 Å². The quantitative estimate of drug-likeness (QED) is 0.133. The van der Waals surface area contributed by atoms with Crippen LogP contribution in [0.1, 0.15) is 94.4 Å². The third-order valence-corrected chi connectivity index (χ3v) is 16.1. The summed E-state index contributed by atoms with van der Waals surface area (Å²) in [6.07, 6.45) is -7.77. The number of halogens is 1. The molecule has 5 aliphatic rings. The minimum absolute atomic E-state index is 0.0930. The number of aliphatic hydroxyl groups excluding tert-OH is 3. The van der Waals surface area contributed by atoms with Crippen LogP contribution in [0.4, 0.5) is 10.5 Å². The fraction of sp³-hybridized carbons (Fsp3) is 0.800. The molecule has 4 saturated heterocycles. The Morgan fingerprint density at radius 1 is 0.986 bits per heavy atom. The van der Waals surface area contributed by atoms with Gasteiger partial charge in [0.2, 0.25) is 0 Å². The van der Waals surface area contributed by atoms with Gasteiger partial charge in [-0.3, -0.25) is 14.7 Å². The molecule has 0 unspecified atom stereocenters. The first-order valence-electron chi connectivity index (χ1n) is 25.3. The predicted molar refractivity (Wildman–Crippen MR) is 265 cm³/mol. The van der Waals surface area contributed by atoms with Gasteiger partial charge in [-0.25, -0.2) is 4.79 Å². The van der Waals surface area contributed by atoms with Crippen LogP contribution in [0.5, 0.6) is 5.75 Å². The van der Waals surface area contributed by atoms with Gasteiger partial charge in [-0.1, -0.05) is 25.4 Å². The number of carbonyl (C=O) groups excluding carboxylic acids is 2. The van der Waals surface area contributed by atoms with Crippen LogP contribution in [0, 0.1) is 11.8 Å². The van der Waals surface area contributed by atoms with Crippen LogP contribution in [0.25, 0.3) is 0 Å². The molecule has 0 aliphatic carbocycles. The molecule has 0 bridgehead atoms. The number of amides is 1. The fourth-order valence-corrected chi connectivity index (χ4v) is 11.1. The van der Waals surface area contributed by atoms with Crippen LogP contribution < -0.4 is 20.6 Å². The zero-order chi connectivity index (χ0) is 53.2. The molecule has 0 radical (unpaired) electrons. The molecule has 5 heterocycles. The van der Waals surface area contributed by atoms with Crippen molar-refractivity contribution in [1.29, 1.82) is 0 Å². The summed E-state index contributed by atoms with van der Waals surface area (Å²) in [6.45, 7) is 16.8. The monoisotopic (exact) mass is 1040 g/mol. The van der Waals surface area contributed by atoms with Crippen molar-refractivity contribution < 1.29 is 73.0 Å². The fourth-order valence-electron chi connectivity index (χ4n) is 10.8. The number of ether oxygens (including phenoxy) is 8. The number of hydrogen-bond acceptors (Lipinski definition) is 20. The molecule has 0 saturated carbocycles. The molecule has 6 rings (SSSR count). The van der Waals surface area contributed by atoms with Gasteiger partial charge in [-0.15, -0.1) is 5.53 Å². The summed E-state index contributed by atoms with van der Waals surface area (Å²) in [7, 11) is 6.71. The Bertz CT molecular complexity index is 2020. The number of methoxy groups -OCH3 is 2. The number of aliphatic hydroxyl groups is 5. The normalized spacial score (nSPS) is 40.9. The molecule has 0 aromatic heterocycles. The zero-order valence-corrected chi connectivity index (χ0v) is 45.1. The van der Waals surface area contributed by atoms with E-state index in [1.54, 1.807) is 73.7 Å². The number of carbonyl (C=O) groups is 2. The van der Waals surface area contributed by atoms with Gasteiger partial charge >= 0.3 is 12.1 Å². The second kappa shape index (κ2) is 23.8. The van der Waals surface area contributed by atoms with E-state index in [0.717, 1.165) is 5.70 Å². The van der Waals surface area contributed by atoms with Crippen molar-refractivity contribution in [2.24, 2.45) is 11.8 Å². The summed E-state index contributed by atoms with van der Waals surface area (Å²) >= 11 is 6.32. The molecule has 0 spiro atoms. The summed E-state index contributed by atoms with van der Waals surface area (Å²) < 4.78 is 49.0. The molecular formula is C50H83ClN6O15. The first kappa shape index (κ1) is 58.1. The highest BCUT2D eigenvalue weighted by Gasteiger charge is 2.53. The zero-order valence-electron chi connectivity index (χ0n) is 44.3. The number of nitrogens with zero attached hydrogens (tertiary/aromatic N) is 4. The van der Waals surface area contributed by atoms with E-state index in [0.29, 0.717) is 48.9 Å². The SMILES string of the molecule is CC[C@H]1OC(=O)[C@H](C)[C@@H](O[C@H]2C[C@@](C)(OC)[C@@H](O)[C@H](C)O2)[C@H](C)[C@@H](O[C@@H]2O[C@H](C)C[C@H](N(C)CCC3=CN(C[C@H]4CN(c5ccc(OC)c(Cl)c5)C(=O)O4)NN3)[C@H]2O)[C@](C)(O)CCN(C)[C@H](C)[C@@H](O)[C@]1(C)O. The second-order valence-electron chi connectivity index (χ2n) is 21.4. The number of benzene rings is 1. The van der Waals surface area contributed by atoms with E-state index in [9.17, 15) is 35.1 Å². The lowest BCUT2D eigenvalue weighted by Gasteiger charge is -2.49. The average Bonchev–Trinajstić information content (AvgIpc) is 3.95. The maximum absolute atomic E-state index is 14.4. The van der Waals surface area contributed by atoms with Gasteiger partial charge in [0.25, 0.3) is 0 Å². The average molecular weight is 1040 g/mol. The highest BCUT2D eigenvalue weighted by Crippen LogP contribution is 2.40. The Kier molecular flexibility index (Phi) is 19.2. The Labute approximate surface area is 429 Å². The highest BCUT2D eigenvalue weighted by atomic mass is 35.5. The molecule has 1 aromatic carbocycles. The minimum Gasteiger partial charge on any atom is -0.495 e. The summed E-state index contributed by atoms with van der Waals surface area (Å²) in [5.41, 5.74) is 3.20. The first-order valence-corrected chi connectivity index (χ1v) is 25.7. The summed E-state index contributed by atoms with van der Waals surface area (Å²) in [4.78, 5) is 32.6. The van der Waals surface area contributed by atoms with E-state index in [1.165, 1.54) is 26.0 Å². The molecule has 22 heteroatoms. The van der Waals surface area contributed by atoms with Gasteiger partial charge in [-0.2, -0.15) is 0 Å². The van der Waals surface area contributed by atoms with E-state index in [-0.39, 0.29) is 31.9 Å². The maximum Gasteiger partial charge on any atom is 0.414 e. The number of likely N-dealkylation sites (N-methyl/N-ethyl adjacent to an activating group) is 2. The maximum atomic E-state index is 14.4. The number of rotatable bonds is 14. The molecule has 4 fully saturated rings. The molecular weight excluding hydrogens is 960 g/mol. The summed E-state index contributed by atoms with van der Waals surface area (Å²) in [5, 5.41) is 61.5. The Balaban J connectivity index is 1.20. The van der Waals surface area contributed by atoms with Crippen molar-refractivity contribution in [2.45, 2.75) is 191 Å². The van der Waals surface area contributed by atoms with Crippen molar-refractivity contribution in [3.05, 3.63) is 35.1 Å². The van der Waals surface area contributed by atoms with Gasteiger partial charge < -0.3 is 78.7 Å². The van der Waals surface area contributed by atoms with E-state index in [4.69, 9.17) is 49.5 Å². The molecule has 410 valence electrons. The third-order valence-electron chi connectivity index (χ3n) is 15.8. The van der Waals surface area contributed by atoms with Gasteiger partial charge in [-0.05, 0) is 100 Å². The smallest absolute Gasteiger partial charge is 0.414 e. The Morgan fingerprint density at radius 3 is 2.35 bits per heavy atom. The number of esters is 1. The Hall–Kier alpha value is -3.13. The van der Waals surface area contributed by atoms with Crippen LogP contribution in [-0.2, 0) is 38.0 Å². The molecule has 18 atom stereocenters. The van der Waals surface area contributed by atoms with E-state index in [1.807, 2.05) is 35.0 Å². The second-order valence-corrected chi connectivity index (χ2v) is 21.8. The number of hydrogen-bond donors (Lipinski definition) is 7. The van der Waals surface area contributed by atoms with Crippen LogP contribution in [0.15, 0.2) is 30.1 Å². The van der Waals surface area contributed by atoms with Crippen molar-refractivity contribution in [3.63, 3.8) is 0 Å². The number of hydrazine groups is 2. The Morgan fingerprint density at radius 2 is 1.69 bits per heavy atom. The van der Waals surface area contributed by atoms with Crippen LogP contribution in [0.3, 0.4) is 0 Å². The van der Waals surface area contributed by atoms with Crippen LogP contribution >= 0.6 is 11.6 Å².